The number of rotatable bonds is 4. The van der Waals surface area contributed by atoms with Crippen molar-refractivity contribution in [1.82, 2.24) is 14.8 Å². The van der Waals surface area contributed by atoms with Crippen LogP contribution in [0, 0.1) is 0 Å². The van der Waals surface area contributed by atoms with Gasteiger partial charge in [-0.15, -0.1) is 0 Å². The molecule has 2 unspecified atom stereocenters. The average Bonchev–Trinajstić information content (AvgIpc) is 2.69. The van der Waals surface area contributed by atoms with Gasteiger partial charge in [0.2, 0.25) is 0 Å². The lowest BCUT2D eigenvalue weighted by Gasteiger charge is -2.25. The van der Waals surface area contributed by atoms with Crippen molar-refractivity contribution in [2.24, 2.45) is 0 Å². The van der Waals surface area contributed by atoms with Crippen molar-refractivity contribution in [2.45, 2.75) is 44.8 Å². The molecule has 110 valence electrons. The largest absolute Gasteiger partial charge is 0.370 e. The van der Waals surface area contributed by atoms with Crippen molar-refractivity contribution in [1.29, 1.82) is 0 Å². The van der Waals surface area contributed by atoms with Gasteiger partial charge in [0.15, 0.2) is 0 Å². The number of aromatic nitrogens is 1. The molecule has 0 spiro atoms. The molecule has 2 saturated heterocycles. The third-order valence-electron chi connectivity index (χ3n) is 4.82. The maximum Gasteiger partial charge on any atom is 0.125 e. The summed E-state index contributed by atoms with van der Waals surface area (Å²) in [4.78, 5) is 9.68. The molecular formula is C16H26N4. The van der Waals surface area contributed by atoms with Crippen molar-refractivity contribution in [3.05, 3.63) is 23.9 Å². The molecule has 0 aliphatic carbocycles. The van der Waals surface area contributed by atoms with Gasteiger partial charge in [-0.05, 0) is 44.9 Å². The van der Waals surface area contributed by atoms with E-state index in [1.54, 1.807) is 0 Å². The molecule has 3 rings (SSSR count). The van der Waals surface area contributed by atoms with Gasteiger partial charge in [0.25, 0.3) is 0 Å². The van der Waals surface area contributed by atoms with E-state index in [1.807, 2.05) is 6.20 Å². The number of nitrogens with zero attached hydrogens (tertiary/aromatic N) is 3. The highest BCUT2D eigenvalue weighted by atomic mass is 15.3. The van der Waals surface area contributed by atoms with Gasteiger partial charge < -0.3 is 5.32 Å². The fourth-order valence-electron chi connectivity index (χ4n) is 3.58. The van der Waals surface area contributed by atoms with Crippen molar-refractivity contribution in [3.8, 4) is 0 Å². The van der Waals surface area contributed by atoms with Crippen LogP contribution < -0.4 is 5.32 Å². The monoisotopic (exact) mass is 274 g/mol. The molecule has 2 aliphatic heterocycles. The van der Waals surface area contributed by atoms with Gasteiger partial charge in [0.1, 0.15) is 5.82 Å². The second-order valence-electron chi connectivity index (χ2n) is 6.16. The Kier molecular flexibility index (Phi) is 4.22. The number of fused-ring (bicyclic) bond motifs is 2. The molecule has 4 heteroatoms. The molecular weight excluding hydrogens is 248 g/mol. The topological polar surface area (TPSA) is 31.4 Å². The number of likely N-dealkylation sites (tertiary alicyclic amines) is 1. The second kappa shape index (κ2) is 6.10. The van der Waals surface area contributed by atoms with Crippen LogP contribution in [0.2, 0.25) is 0 Å². The van der Waals surface area contributed by atoms with E-state index < -0.39 is 0 Å². The molecule has 2 fully saturated rings. The lowest BCUT2D eigenvalue weighted by Crippen LogP contribution is -2.36. The van der Waals surface area contributed by atoms with Gasteiger partial charge in [-0.25, -0.2) is 4.98 Å². The van der Waals surface area contributed by atoms with Crippen molar-refractivity contribution in [2.75, 3.05) is 32.0 Å². The first-order valence-corrected chi connectivity index (χ1v) is 7.89. The van der Waals surface area contributed by atoms with E-state index in [2.05, 4.69) is 46.2 Å². The quantitative estimate of drug-likeness (QED) is 0.912. The van der Waals surface area contributed by atoms with Gasteiger partial charge >= 0.3 is 0 Å². The molecule has 2 bridgehead atoms. The molecule has 1 aromatic heterocycles. The number of likely N-dealkylation sites (N-methyl/N-ethyl adjacent to an activating group) is 1. The van der Waals surface area contributed by atoms with Gasteiger partial charge in [-0.2, -0.15) is 0 Å². The molecule has 1 N–H and O–H groups in total. The Balaban J connectivity index is 1.60. The van der Waals surface area contributed by atoms with Gasteiger partial charge in [-0.1, -0.05) is 6.07 Å². The molecule has 0 aromatic carbocycles. The Bertz CT molecular complexity index is 431. The van der Waals surface area contributed by atoms with Crippen LogP contribution in [0.25, 0.3) is 0 Å². The summed E-state index contributed by atoms with van der Waals surface area (Å²) in [6.07, 6.45) is 6.10. The molecule has 0 radical (unpaired) electrons. The van der Waals surface area contributed by atoms with Crippen molar-refractivity contribution < 1.29 is 0 Å². The lowest BCUT2D eigenvalue weighted by molar-refractivity contribution is 0.214. The average molecular weight is 274 g/mol. The zero-order chi connectivity index (χ0) is 13.9. The first-order chi connectivity index (χ1) is 9.76. The summed E-state index contributed by atoms with van der Waals surface area (Å²) in [5.41, 5.74) is 1.33. The third kappa shape index (κ3) is 2.96. The number of nitrogens with one attached hydrogen (secondary N) is 1. The standard InChI is InChI=1S/C16H26N4/c1-3-17-16-7-4-13(10-18-16)11-20-9-8-14-5-6-15(12-20)19(14)2/h4,7,10,14-15H,3,5-6,8-9,11-12H2,1-2H3,(H,17,18). The van der Waals surface area contributed by atoms with Crippen LogP contribution in [0.5, 0.6) is 0 Å². The Labute approximate surface area is 122 Å². The van der Waals surface area contributed by atoms with Gasteiger partial charge in [-0.3, -0.25) is 9.80 Å². The van der Waals surface area contributed by atoms with Crippen LogP contribution in [-0.2, 0) is 6.54 Å². The van der Waals surface area contributed by atoms with E-state index in [9.17, 15) is 0 Å². The van der Waals surface area contributed by atoms with Crippen LogP contribution in [-0.4, -0.2) is 53.5 Å². The fraction of sp³-hybridized carbons (Fsp3) is 0.688. The SMILES string of the molecule is CCNc1ccc(CN2CCC3CCC(C2)N3C)cn1. The Morgan fingerprint density at radius 1 is 1.25 bits per heavy atom. The summed E-state index contributed by atoms with van der Waals surface area (Å²) in [6, 6.07) is 5.88. The number of hydrogen-bond donors (Lipinski definition) is 1. The van der Waals surface area contributed by atoms with E-state index in [0.717, 1.165) is 31.0 Å². The molecule has 4 nitrogen and oxygen atoms in total. The van der Waals surface area contributed by atoms with E-state index in [0.29, 0.717) is 0 Å². The highest BCUT2D eigenvalue weighted by molar-refractivity contribution is 5.35. The van der Waals surface area contributed by atoms with Crippen molar-refractivity contribution in [3.63, 3.8) is 0 Å². The van der Waals surface area contributed by atoms with Crippen LogP contribution in [0.1, 0.15) is 31.7 Å². The molecule has 2 atom stereocenters. The molecule has 0 amide bonds. The normalized spacial score (nSPS) is 27.5. The Morgan fingerprint density at radius 2 is 2.10 bits per heavy atom. The summed E-state index contributed by atoms with van der Waals surface area (Å²) in [6.45, 7) is 6.49. The first kappa shape index (κ1) is 13.8. The van der Waals surface area contributed by atoms with Crippen molar-refractivity contribution >= 4 is 5.82 Å². The maximum atomic E-state index is 4.47. The third-order valence-corrected chi connectivity index (χ3v) is 4.82. The highest BCUT2D eigenvalue weighted by Crippen LogP contribution is 2.28. The summed E-state index contributed by atoms with van der Waals surface area (Å²) in [5, 5.41) is 3.24. The Morgan fingerprint density at radius 3 is 2.85 bits per heavy atom. The van der Waals surface area contributed by atoms with Crippen LogP contribution in [0.3, 0.4) is 0 Å². The fourth-order valence-corrected chi connectivity index (χ4v) is 3.58. The van der Waals surface area contributed by atoms with Crippen LogP contribution in [0.15, 0.2) is 18.3 Å². The van der Waals surface area contributed by atoms with E-state index in [1.165, 1.54) is 37.9 Å². The van der Waals surface area contributed by atoms with Crippen LogP contribution >= 0.6 is 0 Å². The molecule has 20 heavy (non-hydrogen) atoms. The minimum absolute atomic E-state index is 0.761. The predicted octanol–water partition coefficient (Wildman–Crippen LogP) is 2.18. The number of hydrogen-bond acceptors (Lipinski definition) is 4. The minimum atomic E-state index is 0.761. The Hall–Kier alpha value is -1.13. The van der Waals surface area contributed by atoms with E-state index in [-0.39, 0.29) is 0 Å². The summed E-state index contributed by atoms with van der Waals surface area (Å²) in [5.74, 6) is 0.978. The van der Waals surface area contributed by atoms with Crippen LogP contribution in [0.4, 0.5) is 5.82 Å². The number of anilines is 1. The second-order valence-corrected chi connectivity index (χ2v) is 6.16. The minimum Gasteiger partial charge on any atom is -0.370 e. The molecule has 2 aliphatic rings. The smallest absolute Gasteiger partial charge is 0.125 e. The highest BCUT2D eigenvalue weighted by Gasteiger charge is 2.34. The lowest BCUT2D eigenvalue weighted by atomic mass is 10.1. The summed E-state index contributed by atoms with van der Waals surface area (Å²) >= 11 is 0. The molecule has 1 aromatic rings. The van der Waals surface area contributed by atoms with Gasteiger partial charge in [0, 0.05) is 44.5 Å². The van der Waals surface area contributed by atoms with Gasteiger partial charge in [0.05, 0.1) is 0 Å². The van der Waals surface area contributed by atoms with E-state index >= 15 is 0 Å². The maximum absolute atomic E-state index is 4.47. The summed E-state index contributed by atoms with van der Waals surface area (Å²) < 4.78 is 0. The summed E-state index contributed by atoms with van der Waals surface area (Å²) in [7, 11) is 2.30. The number of pyridine rings is 1. The predicted molar refractivity (Wildman–Crippen MR) is 82.9 cm³/mol. The molecule has 3 heterocycles. The zero-order valence-corrected chi connectivity index (χ0v) is 12.7. The molecule has 0 saturated carbocycles. The zero-order valence-electron chi connectivity index (χ0n) is 12.7. The van der Waals surface area contributed by atoms with E-state index in [4.69, 9.17) is 0 Å². The first-order valence-electron chi connectivity index (χ1n) is 7.89.